The van der Waals surface area contributed by atoms with Crippen LogP contribution in [0, 0.1) is 29.0 Å². The van der Waals surface area contributed by atoms with Crippen molar-refractivity contribution in [2.75, 3.05) is 31.1 Å². The zero-order valence-electron chi connectivity index (χ0n) is 9.49. The van der Waals surface area contributed by atoms with E-state index >= 15 is 0 Å². The van der Waals surface area contributed by atoms with E-state index in [0.29, 0.717) is 23.1 Å². The zero-order valence-corrected chi connectivity index (χ0v) is 9.49. The Morgan fingerprint density at radius 3 is 2.59 bits per heavy atom. The van der Waals surface area contributed by atoms with Gasteiger partial charge in [-0.3, -0.25) is 0 Å². The predicted molar refractivity (Wildman–Crippen MR) is 63.2 cm³/mol. The molecule has 3 nitrogen and oxygen atoms in total. The van der Waals surface area contributed by atoms with E-state index in [1.165, 1.54) is 6.07 Å². The number of hydrogen-bond acceptors (Lipinski definition) is 3. The molecule has 1 N–H and O–H groups in total. The molecule has 2 fully saturated rings. The minimum Gasteiger partial charge on any atom is -0.368 e. The Bertz CT molecular complexity index is 468. The molecule has 0 bridgehead atoms. The molecule has 3 rings (SSSR count). The standard InChI is InChI=1S/C13H14FN3/c14-12-3-9(4-15)1-2-13(12)17-7-10-5-16-6-11(10)8-17/h1-3,10-11,16H,5-8H2. The molecule has 2 saturated heterocycles. The van der Waals surface area contributed by atoms with Crippen LogP contribution in [0.3, 0.4) is 0 Å². The van der Waals surface area contributed by atoms with Crippen LogP contribution in [0.25, 0.3) is 0 Å². The minimum atomic E-state index is -0.281. The van der Waals surface area contributed by atoms with E-state index in [4.69, 9.17) is 5.26 Å². The molecular formula is C13H14FN3. The van der Waals surface area contributed by atoms with E-state index in [9.17, 15) is 4.39 Å². The Morgan fingerprint density at radius 2 is 2.00 bits per heavy atom. The number of halogens is 1. The summed E-state index contributed by atoms with van der Waals surface area (Å²) in [6, 6.07) is 6.69. The summed E-state index contributed by atoms with van der Waals surface area (Å²) in [5.74, 6) is 1.01. The lowest BCUT2D eigenvalue weighted by atomic mass is 10.0. The summed E-state index contributed by atoms with van der Waals surface area (Å²) in [6.07, 6.45) is 0. The second kappa shape index (κ2) is 4.01. The summed E-state index contributed by atoms with van der Waals surface area (Å²) < 4.78 is 13.9. The van der Waals surface area contributed by atoms with Gasteiger partial charge in [0.25, 0.3) is 0 Å². The van der Waals surface area contributed by atoms with Crippen LogP contribution < -0.4 is 10.2 Å². The highest BCUT2D eigenvalue weighted by molar-refractivity contribution is 5.52. The molecule has 88 valence electrons. The van der Waals surface area contributed by atoms with Crippen molar-refractivity contribution >= 4 is 5.69 Å². The summed E-state index contributed by atoms with van der Waals surface area (Å²) >= 11 is 0. The first-order valence-corrected chi connectivity index (χ1v) is 5.93. The fraction of sp³-hybridized carbons (Fsp3) is 0.462. The van der Waals surface area contributed by atoms with Crippen LogP contribution in [0.4, 0.5) is 10.1 Å². The number of nitrogens with one attached hydrogen (secondary N) is 1. The number of rotatable bonds is 1. The van der Waals surface area contributed by atoms with E-state index in [2.05, 4.69) is 10.2 Å². The molecule has 17 heavy (non-hydrogen) atoms. The lowest BCUT2D eigenvalue weighted by Crippen LogP contribution is -2.26. The third kappa shape index (κ3) is 1.77. The molecular weight excluding hydrogens is 217 g/mol. The number of hydrogen-bond donors (Lipinski definition) is 1. The first-order valence-electron chi connectivity index (χ1n) is 5.93. The second-order valence-electron chi connectivity index (χ2n) is 4.86. The van der Waals surface area contributed by atoms with Crippen molar-refractivity contribution in [2.45, 2.75) is 0 Å². The van der Waals surface area contributed by atoms with E-state index < -0.39 is 0 Å². The number of nitrogens with zero attached hydrogens (tertiary/aromatic N) is 2. The van der Waals surface area contributed by atoms with Crippen molar-refractivity contribution in [1.82, 2.24) is 5.32 Å². The van der Waals surface area contributed by atoms with Gasteiger partial charge in [0, 0.05) is 26.2 Å². The average Bonchev–Trinajstić information content (AvgIpc) is 2.89. The van der Waals surface area contributed by atoms with E-state index in [1.807, 2.05) is 6.07 Å². The SMILES string of the molecule is N#Cc1ccc(N2CC3CNCC3C2)c(F)c1. The largest absolute Gasteiger partial charge is 0.368 e. The maximum Gasteiger partial charge on any atom is 0.147 e. The molecule has 0 saturated carbocycles. The molecule has 2 atom stereocenters. The molecule has 4 heteroatoms. The average molecular weight is 231 g/mol. The first-order chi connectivity index (χ1) is 8.28. The van der Waals surface area contributed by atoms with Crippen molar-refractivity contribution in [1.29, 1.82) is 5.26 Å². The van der Waals surface area contributed by atoms with E-state index in [-0.39, 0.29) is 5.82 Å². The van der Waals surface area contributed by atoms with Gasteiger partial charge >= 0.3 is 0 Å². The van der Waals surface area contributed by atoms with Gasteiger partial charge in [-0.25, -0.2) is 4.39 Å². The Hall–Kier alpha value is -1.60. The third-order valence-electron chi connectivity index (χ3n) is 3.81. The van der Waals surface area contributed by atoms with Crippen molar-refractivity contribution in [2.24, 2.45) is 11.8 Å². The van der Waals surface area contributed by atoms with E-state index in [1.54, 1.807) is 12.1 Å². The molecule has 2 aliphatic heterocycles. The van der Waals surface area contributed by atoms with Crippen LogP contribution in [-0.2, 0) is 0 Å². The molecule has 0 amide bonds. The highest BCUT2D eigenvalue weighted by Gasteiger charge is 2.36. The van der Waals surface area contributed by atoms with Crippen molar-refractivity contribution < 1.29 is 4.39 Å². The lowest BCUT2D eigenvalue weighted by Gasteiger charge is -2.20. The first kappa shape index (κ1) is 10.5. The Labute approximate surface area is 99.8 Å². The Kier molecular flexibility index (Phi) is 2.49. The van der Waals surface area contributed by atoms with E-state index in [0.717, 1.165) is 26.2 Å². The molecule has 2 heterocycles. The van der Waals surface area contributed by atoms with Crippen molar-refractivity contribution in [3.63, 3.8) is 0 Å². The second-order valence-corrected chi connectivity index (χ2v) is 4.86. The van der Waals surface area contributed by atoms with Gasteiger partial charge in [-0.2, -0.15) is 5.26 Å². The number of nitriles is 1. The summed E-state index contributed by atoms with van der Waals surface area (Å²) in [7, 11) is 0. The van der Waals surface area contributed by atoms with Gasteiger partial charge in [-0.15, -0.1) is 0 Å². The Balaban J connectivity index is 1.84. The minimum absolute atomic E-state index is 0.281. The topological polar surface area (TPSA) is 39.1 Å². The summed E-state index contributed by atoms with van der Waals surface area (Å²) in [6.45, 7) is 3.92. The normalized spacial score (nSPS) is 26.9. The molecule has 0 spiro atoms. The maximum absolute atomic E-state index is 13.9. The predicted octanol–water partition coefficient (Wildman–Crippen LogP) is 1.35. The van der Waals surface area contributed by atoms with Gasteiger partial charge in [-0.1, -0.05) is 0 Å². The van der Waals surface area contributed by atoms with Gasteiger partial charge in [0.2, 0.25) is 0 Å². The highest BCUT2D eigenvalue weighted by atomic mass is 19.1. The van der Waals surface area contributed by atoms with Gasteiger partial charge < -0.3 is 10.2 Å². The van der Waals surface area contributed by atoms with Crippen LogP contribution in [-0.4, -0.2) is 26.2 Å². The summed E-state index contributed by atoms with van der Waals surface area (Å²) in [4.78, 5) is 2.10. The van der Waals surface area contributed by atoms with Crippen LogP contribution >= 0.6 is 0 Å². The third-order valence-corrected chi connectivity index (χ3v) is 3.81. The van der Waals surface area contributed by atoms with Gasteiger partial charge in [0.05, 0.1) is 17.3 Å². The van der Waals surface area contributed by atoms with Crippen LogP contribution in [0.15, 0.2) is 18.2 Å². The molecule has 2 aliphatic rings. The number of anilines is 1. The summed E-state index contributed by atoms with van der Waals surface area (Å²) in [5.41, 5.74) is 1.02. The number of fused-ring (bicyclic) bond motifs is 1. The molecule has 0 aliphatic carbocycles. The fourth-order valence-corrected chi connectivity index (χ4v) is 2.88. The van der Waals surface area contributed by atoms with Crippen LogP contribution in [0.5, 0.6) is 0 Å². The Morgan fingerprint density at radius 1 is 1.29 bits per heavy atom. The van der Waals surface area contributed by atoms with Gasteiger partial charge in [0.15, 0.2) is 0 Å². The van der Waals surface area contributed by atoms with Crippen molar-refractivity contribution in [3.05, 3.63) is 29.6 Å². The van der Waals surface area contributed by atoms with Gasteiger partial charge in [0.1, 0.15) is 5.82 Å². The molecule has 1 aromatic rings. The highest BCUT2D eigenvalue weighted by Crippen LogP contribution is 2.31. The van der Waals surface area contributed by atoms with Crippen LogP contribution in [0.2, 0.25) is 0 Å². The smallest absolute Gasteiger partial charge is 0.147 e. The van der Waals surface area contributed by atoms with Crippen LogP contribution in [0.1, 0.15) is 5.56 Å². The zero-order chi connectivity index (χ0) is 11.8. The fourth-order valence-electron chi connectivity index (χ4n) is 2.88. The lowest BCUT2D eigenvalue weighted by molar-refractivity contribution is 0.533. The molecule has 2 unspecified atom stereocenters. The quantitative estimate of drug-likeness (QED) is 0.793. The number of benzene rings is 1. The summed E-state index contributed by atoms with van der Waals surface area (Å²) in [5, 5.41) is 12.1. The molecule has 0 aromatic heterocycles. The monoisotopic (exact) mass is 231 g/mol. The van der Waals surface area contributed by atoms with Crippen molar-refractivity contribution in [3.8, 4) is 6.07 Å². The molecule has 1 aromatic carbocycles. The maximum atomic E-state index is 13.9. The van der Waals surface area contributed by atoms with Gasteiger partial charge in [-0.05, 0) is 30.0 Å². The molecule has 0 radical (unpaired) electrons.